The van der Waals surface area contributed by atoms with Crippen LogP contribution in [0, 0.1) is 13.8 Å². The van der Waals surface area contributed by atoms with Gasteiger partial charge in [-0.1, -0.05) is 53.2 Å². The van der Waals surface area contributed by atoms with Crippen molar-refractivity contribution in [3.63, 3.8) is 0 Å². The van der Waals surface area contributed by atoms with Gasteiger partial charge in [-0.2, -0.15) is 0 Å². The highest BCUT2D eigenvalue weighted by molar-refractivity contribution is 7.99. The van der Waals surface area contributed by atoms with Crippen molar-refractivity contribution in [2.75, 3.05) is 11.1 Å². The van der Waals surface area contributed by atoms with E-state index in [1.54, 1.807) is 18.2 Å². The molecule has 0 fully saturated rings. The number of rotatable bonds is 7. The van der Waals surface area contributed by atoms with Crippen LogP contribution in [-0.2, 0) is 11.4 Å². The van der Waals surface area contributed by atoms with Crippen LogP contribution in [0.15, 0.2) is 46.0 Å². The van der Waals surface area contributed by atoms with Crippen molar-refractivity contribution in [2.45, 2.75) is 25.7 Å². The Balaban J connectivity index is 1.51. The minimum atomic E-state index is -0.147. The number of thioether (sulfide) groups is 1. The van der Waals surface area contributed by atoms with Gasteiger partial charge in [0.05, 0.1) is 10.8 Å². The lowest BCUT2D eigenvalue weighted by Crippen LogP contribution is -2.15. The molecule has 0 atom stereocenters. The maximum absolute atomic E-state index is 12.2. The summed E-state index contributed by atoms with van der Waals surface area (Å²) < 4.78 is 11.0. The maximum atomic E-state index is 12.2. The number of amides is 1. The molecule has 28 heavy (non-hydrogen) atoms. The number of hydrogen-bond donors (Lipinski definition) is 1. The van der Waals surface area contributed by atoms with Crippen molar-refractivity contribution < 1.29 is 13.9 Å². The molecular weight excluding hydrogens is 421 g/mol. The van der Waals surface area contributed by atoms with E-state index in [0.29, 0.717) is 15.8 Å². The highest BCUT2D eigenvalue weighted by atomic mass is 35.5. The third kappa shape index (κ3) is 5.41. The summed E-state index contributed by atoms with van der Waals surface area (Å²) >= 11 is 13.1. The molecule has 6 nitrogen and oxygen atoms in total. The van der Waals surface area contributed by atoms with Crippen molar-refractivity contribution in [3.05, 3.63) is 63.5 Å². The Kier molecular flexibility index (Phi) is 6.83. The summed E-state index contributed by atoms with van der Waals surface area (Å²) in [6.07, 6.45) is 0. The number of anilines is 1. The third-order valence-electron chi connectivity index (χ3n) is 3.77. The van der Waals surface area contributed by atoms with Gasteiger partial charge in [-0.15, -0.1) is 10.2 Å². The monoisotopic (exact) mass is 437 g/mol. The number of aromatic nitrogens is 2. The lowest BCUT2D eigenvalue weighted by atomic mass is 10.1. The van der Waals surface area contributed by atoms with E-state index >= 15 is 0 Å². The molecular formula is C19H17Cl2N3O3S. The SMILES string of the molecule is Cc1cccc(C)c1NC(=O)CSc1nnc(COc2ccc(Cl)cc2Cl)o1. The molecule has 1 heterocycles. The third-order valence-corrected chi connectivity index (χ3v) is 5.11. The van der Waals surface area contributed by atoms with Crippen molar-refractivity contribution in [1.82, 2.24) is 10.2 Å². The van der Waals surface area contributed by atoms with Crippen molar-refractivity contribution in [1.29, 1.82) is 0 Å². The van der Waals surface area contributed by atoms with E-state index in [4.69, 9.17) is 32.4 Å². The normalized spacial score (nSPS) is 10.7. The largest absolute Gasteiger partial charge is 0.482 e. The van der Waals surface area contributed by atoms with Gasteiger partial charge in [-0.25, -0.2) is 0 Å². The van der Waals surface area contributed by atoms with E-state index in [9.17, 15) is 4.79 Å². The average Bonchev–Trinajstić information content (AvgIpc) is 3.10. The molecule has 0 aliphatic carbocycles. The molecule has 0 saturated heterocycles. The first-order valence-corrected chi connectivity index (χ1v) is 10.1. The number of halogens is 2. The Hall–Kier alpha value is -2.22. The van der Waals surface area contributed by atoms with E-state index in [-0.39, 0.29) is 29.4 Å². The second-order valence-electron chi connectivity index (χ2n) is 5.93. The lowest BCUT2D eigenvalue weighted by molar-refractivity contribution is -0.113. The molecule has 1 aromatic heterocycles. The first-order chi connectivity index (χ1) is 13.4. The van der Waals surface area contributed by atoms with Gasteiger partial charge in [0.2, 0.25) is 5.91 Å². The number of carbonyl (C=O) groups is 1. The quantitative estimate of drug-likeness (QED) is 0.505. The minimum Gasteiger partial charge on any atom is -0.482 e. The van der Waals surface area contributed by atoms with Gasteiger partial charge < -0.3 is 14.5 Å². The molecule has 1 N–H and O–H groups in total. The highest BCUT2D eigenvalue weighted by Gasteiger charge is 2.12. The van der Waals surface area contributed by atoms with Crippen LogP contribution in [0.25, 0.3) is 0 Å². The highest BCUT2D eigenvalue weighted by Crippen LogP contribution is 2.28. The topological polar surface area (TPSA) is 77.2 Å². The number of carbonyl (C=O) groups excluding carboxylic acids is 1. The van der Waals surface area contributed by atoms with E-state index < -0.39 is 0 Å². The molecule has 0 saturated carbocycles. The molecule has 146 valence electrons. The molecule has 0 spiro atoms. The molecule has 0 bridgehead atoms. The predicted octanol–water partition coefficient (Wildman–Crippen LogP) is 5.30. The number of para-hydroxylation sites is 1. The van der Waals surface area contributed by atoms with Gasteiger partial charge in [-0.3, -0.25) is 4.79 Å². The van der Waals surface area contributed by atoms with Crippen LogP contribution in [0.5, 0.6) is 5.75 Å². The van der Waals surface area contributed by atoms with Crippen LogP contribution >= 0.6 is 35.0 Å². The average molecular weight is 438 g/mol. The van der Waals surface area contributed by atoms with Crippen LogP contribution in [0.4, 0.5) is 5.69 Å². The second kappa shape index (κ2) is 9.32. The fourth-order valence-electron chi connectivity index (χ4n) is 2.40. The second-order valence-corrected chi connectivity index (χ2v) is 7.70. The molecule has 0 aliphatic rings. The van der Waals surface area contributed by atoms with Crippen molar-refractivity contribution in [3.8, 4) is 5.75 Å². The number of benzene rings is 2. The standard InChI is InChI=1S/C19H17Cl2N3O3S/c1-11-4-3-5-12(2)18(11)22-16(25)10-28-19-24-23-17(27-19)9-26-15-7-6-13(20)8-14(15)21/h3-8H,9-10H2,1-2H3,(H,22,25). The molecule has 2 aromatic carbocycles. The van der Waals surface area contributed by atoms with Gasteiger partial charge in [0.25, 0.3) is 11.1 Å². The van der Waals surface area contributed by atoms with E-state index in [1.165, 1.54) is 0 Å². The Morgan fingerprint density at radius 1 is 1.18 bits per heavy atom. The van der Waals surface area contributed by atoms with Gasteiger partial charge >= 0.3 is 0 Å². The fraction of sp³-hybridized carbons (Fsp3) is 0.211. The number of hydrogen-bond acceptors (Lipinski definition) is 6. The Bertz CT molecular complexity index is 974. The van der Waals surface area contributed by atoms with Crippen molar-refractivity contribution in [2.24, 2.45) is 0 Å². The fourth-order valence-corrected chi connectivity index (χ4v) is 3.44. The lowest BCUT2D eigenvalue weighted by Gasteiger charge is -2.10. The zero-order valence-corrected chi connectivity index (χ0v) is 17.5. The summed E-state index contributed by atoms with van der Waals surface area (Å²) in [5, 5.41) is 11.9. The molecule has 9 heteroatoms. The summed E-state index contributed by atoms with van der Waals surface area (Å²) in [5.74, 6) is 0.751. The van der Waals surface area contributed by atoms with Crippen LogP contribution in [0.1, 0.15) is 17.0 Å². The van der Waals surface area contributed by atoms with Crippen LogP contribution in [0.2, 0.25) is 10.0 Å². The Labute approximate surface area is 176 Å². The van der Waals surface area contributed by atoms with Gasteiger partial charge in [-0.05, 0) is 43.2 Å². The summed E-state index contributed by atoms with van der Waals surface area (Å²) in [6, 6.07) is 10.8. The summed E-state index contributed by atoms with van der Waals surface area (Å²) in [7, 11) is 0. The summed E-state index contributed by atoms with van der Waals surface area (Å²) in [6.45, 7) is 3.96. The number of nitrogens with one attached hydrogen (secondary N) is 1. The molecule has 0 aliphatic heterocycles. The molecule has 0 radical (unpaired) electrons. The number of aryl methyl sites for hydroxylation is 2. The molecule has 3 aromatic rings. The van der Waals surface area contributed by atoms with Crippen LogP contribution in [-0.4, -0.2) is 21.9 Å². The Morgan fingerprint density at radius 2 is 1.93 bits per heavy atom. The minimum absolute atomic E-state index is 0.0590. The van der Waals surface area contributed by atoms with E-state index in [2.05, 4.69) is 15.5 Å². The van der Waals surface area contributed by atoms with Gasteiger partial charge in [0, 0.05) is 10.7 Å². The zero-order valence-electron chi connectivity index (χ0n) is 15.2. The number of nitrogens with zero attached hydrogens (tertiary/aromatic N) is 2. The maximum Gasteiger partial charge on any atom is 0.277 e. The Morgan fingerprint density at radius 3 is 2.64 bits per heavy atom. The van der Waals surface area contributed by atoms with Gasteiger partial charge in [0.15, 0.2) is 6.61 Å². The smallest absolute Gasteiger partial charge is 0.277 e. The van der Waals surface area contributed by atoms with Crippen LogP contribution in [0.3, 0.4) is 0 Å². The van der Waals surface area contributed by atoms with Gasteiger partial charge in [0.1, 0.15) is 5.75 Å². The summed E-state index contributed by atoms with van der Waals surface area (Å²) in [5.41, 5.74) is 2.85. The first kappa shape index (κ1) is 20.5. The predicted molar refractivity (Wildman–Crippen MR) is 110 cm³/mol. The first-order valence-electron chi connectivity index (χ1n) is 8.31. The molecule has 3 rings (SSSR count). The zero-order chi connectivity index (χ0) is 20.1. The van der Waals surface area contributed by atoms with Crippen LogP contribution < -0.4 is 10.1 Å². The van der Waals surface area contributed by atoms with Crippen molar-refractivity contribution >= 4 is 46.6 Å². The van der Waals surface area contributed by atoms with E-state index in [1.807, 2.05) is 32.0 Å². The summed E-state index contributed by atoms with van der Waals surface area (Å²) in [4.78, 5) is 12.2. The molecule has 0 unspecified atom stereocenters. The number of ether oxygens (including phenoxy) is 1. The van der Waals surface area contributed by atoms with E-state index in [0.717, 1.165) is 28.6 Å². The molecule has 1 amide bonds.